The molecule has 2 N–H and O–H groups in total. The van der Waals surface area contributed by atoms with Crippen LogP contribution in [0.5, 0.6) is 5.75 Å². The second-order valence-electron chi connectivity index (χ2n) is 8.76. The first-order valence-corrected chi connectivity index (χ1v) is 12.9. The highest BCUT2D eigenvalue weighted by molar-refractivity contribution is 6.39. The average molecular weight is 547 g/mol. The van der Waals surface area contributed by atoms with E-state index < -0.39 is 5.97 Å². The predicted octanol–water partition coefficient (Wildman–Crippen LogP) is 8.77. The highest BCUT2D eigenvalue weighted by Crippen LogP contribution is 2.37. The number of rotatable bonds is 9. The molecule has 0 atom stereocenters. The Morgan fingerprint density at radius 1 is 1.00 bits per heavy atom. The van der Waals surface area contributed by atoms with Gasteiger partial charge < -0.3 is 19.7 Å². The zero-order chi connectivity index (χ0) is 26.6. The second kappa shape index (κ2) is 11.2. The van der Waals surface area contributed by atoms with Crippen molar-refractivity contribution in [3.8, 4) is 17.0 Å². The smallest absolute Gasteiger partial charge is 0.335 e. The molecule has 6 nitrogen and oxygen atoms in total. The normalized spacial score (nSPS) is 11.0. The van der Waals surface area contributed by atoms with Crippen LogP contribution in [0.2, 0.25) is 10.0 Å². The van der Waals surface area contributed by atoms with Crippen molar-refractivity contribution in [1.82, 2.24) is 5.16 Å². The maximum absolute atomic E-state index is 11.4. The quantitative estimate of drug-likeness (QED) is 0.192. The van der Waals surface area contributed by atoms with E-state index in [1.54, 1.807) is 30.3 Å². The lowest BCUT2D eigenvalue weighted by Gasteiger charge is -2.12. The van der Waals surface area contributed by atoms with E-state index in [4.69, 9.17) is 32.5 Å². The molecule has 0 fully saturated rings. The third-order valence-corrected chi connectivity index (χ3v) is 6.82. The van der Waals surface area contributed by atoms with E-state index in [9.17, 15) is 9.90 Å². The SMILES string of the molecule is CCCc1onc(-c2c(Cl)cccc2Cl)c1COc1ccc(Nc2cccc3ccc(C(=O)O)cc23)cc1. The third kappa shape index (κ3) is 5.32. The van der Waals surface area contributed by atoms with Crippen molar-refractivity contribution in [3.05, 3.63) is 106 Å². The summed E-state index contributed by atoms with van der Waals surface area (Å²) in [4.78, 5) is 11.4. The van der Waals surface area contributed by atoms with Gasteiger partial charge in [0.15, 0.2) is 0 Å². The molecule has 0 saturated heterocycles. The van der Waals surface area contributed by atoms with E-state index in [-0.39, 0.29) is 12.2 Å². The minimum absolute atomic E-state index is 0.240. The summed E-state index contributed by atoms with van der Waals surface area (Å²) >= 11 is 12.9. The monoisotopic (exact) mass is 546 g/mol. The molecule has 4 aromatic carbocycles. The van der Waals surface area contributed by atoms with Crippen LogP contribution in [0, 0.1) is 0 Å². The Bertz CT molecular complexity index is 1590. The number of carboxylic acid groups (broad SMARTS) is 1. The summed E-state index contributed by atoms with van der Waals surface area (Å²) in [5.41, 5.74) is 3.92. The van der Waals surface area contributed by atoms with Crippen LogP contribution in [0.15, 0.2) is 83.4 Å². The summed E-state index contributed by atoms with van der Waals surface area (Å²) in [5.74, 6) is 0.452. The average Bonchev–Trinajstić information content (AvgIpc) is 3.30. The fraction of sp³-hybridized carbons (Fsp3) is 0.133. The molecule has 0 aliphatic rings. The van der Waals surface area contributed by atoms with Crippen LogP contribution in [0.4, 0.5) is 11.4 Å². The van der Waals surface area contributed by atoms with Crippen LogP contribution in [-0.2, 0) is 13.0 Å². The first-order valence-electron chi connectivity index (χ1n) is 12.1. The van der Waals surface area contributed by atoms with E-state index in [1.807, 2.05) is 48.5 Å². The number of aromatic carboxylic acids is 1. The summed E-state index contributed by atoms with van der Waals surface area (Å²) < 4.78 is 11.8. The van der Waals surface area contributed by atoms with E-state index >= 15 is 0 Å². The molecule has 0 aliphatic carbocycles. The van der Waals surface area contributed by atoms with E-state index in [0.29, 0.717) is 33.5 Å². The van der Waals surface area contributed by atoms with Gasteiger partial charge >= 0.3 is 5.97 Å². The van der Waals surface area contributed by atoms with Crippen molar-refractivity contribution < 1.29 is 19.2 Å². The number of carboxylic acids is 1. The number of hydrogen-bond donors (Lipinski definition) is 2. The molecule has 0 spiro atoms. The lowest BCUT2D eigenvalue weighted by molar-refractivity contribution is 0.0697. The molecule has 1 aromatic heterocycles. The molecule has 38 heavy (non-hydrogen) atoms. The van der Waals surface area contributed by atoms with Crippen molar-refractivity contribution in [2.75, 3.05) is 5.32 Å². The van der Waals surface area contributed by atoms with Crippen LogP contribution in [-0.4, -0.2) is 16.2 Å². The van der Waals surface area contributed by atoms with Crippen LogP contribution < -0.4 is 10.1 Å². The third-order valence-electron chi connectivity index (χ3n) is 6.19. The van der Waals surface area contributed by atoms with Crippen LogP contribution >= 0.6 is 23.2 Å². The minimum Gasteiger partial charge on any atom is -0.489 e. The Morgan fingerprint density at radius 3 is 2.45 bits per heavy atom. The van der Waals surface area contributed by atoms with Gasteiger partial charge in [-0.2, -0.15) is 0 Å². The van der Waals surface area contributed by atoms with Crippen molar-refractivity contribution in [2.45, 2.75) is 26.4 Å². The molecule has 0 aliphatic heterocycles. The zero-order valence-electron chi connectivity index (χ0n) is 20.5. The number of fused-ring (bicyclic) bond motifs is 1. The standard InChI is InChI=1S/C30H24Cl2N2O4/c1-2-5-27-23(29(34-38-27)28-24(31)7-4-8-25(28)32)17-37-21-14-12-20(13-15-21)33-26-9-3-6-18-10-11-19(30(35)36)16-22(18)26/h3-4,6-16,33H,2,5,17H2,1H3,(H,35,36). The lowest BCUT2D eigenvalue weighted by atomic mass is 10.0. The van der Waals surface area contributed by atoms with E-state index in [0.717, 1.165) is 39.9 Å². The number of halogens is 2. The number of nitrogens with zero attached hydrogens (tertiary/aromatic N) is 1. The number of ether oxygens (including phenoxy) is 1. The van der Waals surface area contributed by atoms with Gasteiger partial charge in [-0.3, -0.25) is 0 Å². The summed E-state index contributed by atoms with van der Waals surface area (Å²) in [5, 5.41) is 19.8. The largest absolute Gasteiger partial charge is 0.489 e. The molecule has 0 radical (unpaired) electrons. The molecule has 8 heteroatoms. The van der Waals surface area contributed by atoms with E-state index in [2.05, 4.69) is 17.4 Å². The number of hydrogen-bond acceptors (Lipinski definition) is 5. The van der Waals surface area contributed by atoms with Crippen LogP contribution in [0.1, 0.15) is 35.0 Å². The van der Waals surface area contributed by atoms with Gasteiger partial charge in [0.05, 0.1) is 21.2 Å². The second-order valence-corrected chi connectivity index (χ2v) is 9.58. The topological polar surface area (TPSA) is 84.6 Å². The van der Waals surface area contributed by atoms with Gasteiger partial charge in [0.25, 0.3) is 0 Å². The molecular weight excluding hydrogens is 523 g/mol. The van der Waals surface area contributed by atoms with Crippen LogP contribution in [0.25, 0.3) is 22.0 Å². The fourth-order valence-electron chi connectivity index (χ4n) is 4.30. The minimum atomic E-state index is -0.960. The van der Waals surface area contributed by atoms with Gasteiger partial charge in [-0.1, -0.05) is 59.5 Å². The molecule has 5 rings (SSSR count). The number of aromatic nitrogens is 1. The van der Waals surface area contributed by atoms with Crippen molar-refractivity contribution in [2.24, 2.45) is 0 Å². The summed E-state index contributed by atoms with van der Waals surface area (Å²) in [6.45, 7) is 2.31. The Labute approximate surface area is 229 Å². The maximum Gasteiger partial charge on any atom is 0.335 e. The Kier molecular flexibility index (Phi) is 7.54. The molecule has 0 unspecified atom stereocenters. The molecule has 192 valence electrons. The van der Waals surface area contributed by atoms with Gasteiger partial charge in [0.1, 0.15) is 23.8 Å². The first kappa shape index (κ1) is 25.6. The molecule has 0 saturated carbocycles. The van der Waals surface area contributed by atoms with Crippen molar-refractivity contribution in [3.63, 3.8) is 0 Å². The number of nitrogens with one attached hydrogen (secondary N) is 1. The van der Waals surface area contributed by atoms with E-state index in [1.165, 1.54) is 0 Å². The van der Waals surface area contributed by atoms with Gasteiger partial charge in [-0.05, 0) is 66.4 Å². The van der Waals surface area contributed by atoms with Gasteiger partial charge in [0.2, 0.25) is 0 Å². The molecular formula is C30H24Cl2N2O4. The maximum atomic E-state index is 11.4. The van der Waals surface area contributed by atoms with Crippen LogP contribution in [0.3, 0.4) is 0 Å². The summed E-state index contributed by atoms with van der Waals surface area (Å²) in [6, 6.07) is 23.8. The Hall–Kier alpha value is -4.00. The lowest BCUT2D eigenvalue weighted by Crippen LogP contribution is -2.00. The highest BCUT2D eigenvalue weighted by Gasteiger charge is 2.22. The number of benzene rings is 4. The Morgan fingerprint density at radius 2 is 1.74 bits per heavy atom. The number of carbonyl (C=O) groups is 1. The Balaban J connectivity index is 1.36. The molecule has 0 bridgehead atoms. The zero-order valence-corrected chi connectivity index (χ0v) is 22.0. The number of aryl methyl sites for hydroxylation is 1. The van der Waals surface area contributed by atoms with Gasteiger partial charge in [-0.15, -0.1) is 0 Å². The molecule has 5 aromatic rings. The summed E-state index contributed by atoms with van der Waals surface area (Å²) in [6.07, 6.45) is 1.60. The van der Waals surface area contributed by atoms with Crippen molar-refractivity contribution >= 4 is 51.3 Å². The predicted molar refractivity (Wildman–Crippen MR) is 151 cm³/mol. The highest BCUT2D eigenvalue weighted by atomic mass is 35.5. The van der Waals surface area contributed by atoms with Crippen molar-refractivity contribution in [1.29, 1.82) is 0 Å². The van der Waals surface area contributed by atoms with Gasteiger partial charge in [-0.25, -0.2) is 4.79 Å². The first-order chi connectivity index (χ1) is 18.4. The summed E-state index contributed by atoms with van der Waals surface area (Å²) in [7, 11) is 0. The van der Waals surface area contributed by atoms with Gasteiger partial charge in [0, 0.05) is 28.7 Å². The molecule has 1 heterocycles. The molecule has 0 amide bonds. The number of anilines is 2. The fourth-order valence-corrected chi connectivity index (χ4v) is 4.87.